The molecule has 7 nitrogen and oxygen atoms in total. The summed E-state index contributed by atoms with van der Waals surface area (Å²) in [7, 11) is 0. The topological polar surface area (TPSA) is 73.1 Å². The lowest BCUT2D eigenvalue weighted by Gasteiger charge is -2.34. The van der Waals surface area contributed by atoms with Crippen molar-refractivity contribution in [1.29, 1.82) is 0 Å². The molecule has 0 aliphatic carbocycles. The lowest BCUT2D eigenvalue weighted by molar-refractivity contribution is -0.130. The van der Waals surface area contributed by atoms with Crippen LogP contribution < -0.4 is 10.6 Å². The Bertz CT molecular complexity index is 493. The number of carbonyl (C=O) groups excluding carboxylic acids is 1. The lowest BCUT2D eigenvalue weighted by atomic mass is 10.3. The fraction of sp³-hybridized carbons (Fsp3) is 0.625. The minimum Gasteiger partial charge on any atom is -0.467 e. The summed E-state index contributed by atoms with van der Waals surface area (Å²) >= 11 is 0. The van der Waals surface area contributed by atoms with E-state index in [1.165, 1.54) is 0 Å². The van der Waals surface area contributed by atoms with Gasteiger partial charge in [-0.25, -0.2) is 4.99 Å². The molecule has 2 heterocycles. The Morgan fingerprint density at radius 2 is 2.09 bits per heavy atom. The molecule has 1 saturated heterocycles. The molecule has 2 rings (SSSR count). The molecule has 0 aromatic carbocycles. The van der Waals surface area contributed by atoms with Crippen LogP contribution in [0.2, 0.25) is 0 Å². The molecule has 0 radical (unpaired) electrons. The Morgan fingerprint density at radius 1 is 1.30 bits per heavy atom. The molecule has 0 saturated carbocycles. The van der Waals surface area contributed by atoms with Crippen LogP contribution in [-0.4, -0.2) is 67.5 Å². The van der Waals surface area contributed by atoms with Crippen molar-refractivity contribution in [2.75, 3.05) is 45.8 Å². The molecule has 23 heavy (non-hydrogen) atoms. The van der Waals surface area contributed by atoms with Gasteiger partial charge in [0.1, 0.15) is 12.3 Å². The first-order valence-electron chi connectivity index (χ1n) is 8.21. The average molecular weight is 321 g/mol. The Labute approximate surface area is 137 Å². The summed E-state index contributed by atoms with van der Waals surface area (Å²) in [5.74, 6) is 1.82. The van der Waals surface area contributed by atoms with Gasteiger partial charge in [-0.3, -0.25) is 9.69 Å². The largest absolute Gasteiger partial charge is 0.467 e. The number of nitrogens with one attached hydrogen (secondary N) is 2. The fourth-order valence-electron chi connectivity index (χ4n) is 2.52. The van der Waals surface area contributed by atoms with Gasteiger partial charge >= 0.3 is 0 Å². The first-order chi connectivity index (χ1) is 11.2. The van der Waals surface area contributed by atoms with E-state index in [2.05, 4.69) is 20.5 Å². The van der Waals surface area contributed by atoms with Gasteiger partial charge in [-0.1, -0.05) is 0 Å². The van der Waals surface area contributed by atoms with Gasteiger partial charge in [0, 0.05) is 52.7 Å². The average Bonchev–Trinajstić information content (AvgIpc) is 3.06. The number of furan rings is 1. The minimum absolute atomic E-state index is 0.169. The van der Waals surface area contributed by atoms with Gasteiger partial charge in [0.25, 0.3) is 0 Å². The molecule has 2 N–H and O–H groups in total. The predicted octanol–water partition coefficient (Wildman–Crippen LogP) is 0.499. The van der Waals surface area contributed by atoms with E-state index in [-0.39, 0.29) is 5.91 Å². The number of hydrogen-bond donors (Lipinski definition) is 2. The van der Waals surface area contributed by atoms with Crippen LogP contribution in [0.15, 0.2) is 27.8 Å². The Morgan fingerprint density at radius 3 is 2.70 bits per heavy atom. The maximum atomic E-state index is 11.3. The minimum atomic E-state index is 0.169. The summed E-state index contributed by atoms with van der Waals surface area (Å²) in [6.45, 7) is 10.3. The number of guanidine groups is 1. The number of piperazine rings is 1. The highest BCUT2D eigenvalue weighted by molar-refractivity contribution is 5.79. The van der Waals surface area contributed by atoms with Crippen molar-refractivity contribution in [1.82, 2.24) is 20.4 Å². The van der Waals surface area contributed by atoms with E-state index < -0.39 is 0 Å². The third-order valence-electron chi connectivity index (χ3n) is 3.86. The molecule has 0 bridgehead atoms. The molecule has 7 heteroatoms. The standard InChI is InChI=1S/C16H27N5O2/c1-3-17-16(19-13-15-5-4-12-23-15)18-6-7-20-8-10-21(11-9-20)14(2)22/h4-5,12H,3,6-11,13H2,1-2H3,(H2,17,18,19). The zero-order valence-corrected chi connectivity index (χ0v) is 14.0. The number of aliphatic imine (C=N–C) groups is 1. The zero-order valence-electron chi connectivity index (χ0n) is 14.0. The van der Waals surface area contributed by atoms with Gasteiger partial charge in [-0.05, 0) is 19.1 Å². The quantitative estimate of drug-likeness (QED) is 0.590. The summed E-state index contributed by atoms with van der Waals surface area (Å²) in [5.41, 5.74) is 0. The fourth-order valence-corrected chi connectivity index (χ4v) is 2.52. The van der Waals surface area contributed by atoms with Crippen LogP contribution in [0.5, 0.6) is 0 Å². The summed E-state index contributed by atoms with van der Waals surface area (Å²) in [4.78, 5) is 20.1. The van der Waals surface area contributed by atoms with Crippen molar-refractivity contribution in [3.05, 3.63) is 24.2 Å². The van der Waals surface area contributed by atoms with E-state index in [0.29, 0.717) is 6.54 Å². The SMILES string of the molecule is CCNC(=NCc1ccco1)NCCN1CCN(C(C)=O)CC1. The van der Waals surface area contributed by atoms with Crippen LogP contribution in [0.25, 0.3) is 0 Å². The van der Waals surface area contributed by atoms with E-state index >= 15 is 0 Å². The normalized spacial score (nSPS) is 16.4. The second-order valence-corrected chi connectivity index (χ2v) is 5.55. The molecule has 1 aromatic rings. The van der Waals surface area contributed by atoms with Gasteiger partial charge in [-0.15, -0.1) is 0 Å². The molecule has 1 aromatic heterocycles. The lowest BCUT2D eigenvalue weighted by Crippen LogP contribution is -2.50. The highest BCUT2D eigenvalue weighted by Crippen LogP contribution is 2.02. The molecule has 1 aliphatic heterocycles. The Hall–Kier alpha value is -2.02. The van der Waals surface area contributed by atoms with Gasteiger partial charge in [0.15, 0.2) is 5.96 Å². The second kappa shape index (κ2) is 9.19. The molecule has 1 aliphatic rings. The third-order valence-corrected chi connectivity index (χ3v) is 3.86. The van der Waals surface area contributed by atoms with Gasteiger partial charge < -0.3 is 20.0 Å². The molecule has 0 unspecified atom stereocenters. The van der Waals surface area contributed by atoms with Crippen molar-refractivity contribution in [2.45, 2.75) is 20.4 Å². The highest BCUT2D eigenvalue weighted by Gasteiger charge is 2.17. The summed E-state index contributed by atoms with van der Waals surface area (Å²) < 4.78 is 5.29. The number of carbonyl (C=O) groups is 1. The Kier molecular flexibility index (Phi) is 6.93. The highest BCUT2D eigenvalue weighted by atomic mass is 16.3. The van der Waals surface area contributed by atoms with Crippen molar-refractivity contribution < 1.29 is 9.21 Å². The van der Waals surface area contributed by atoms with E-state index in [1.807, 2.05) is 24.0 Å². The monoisotopic (exact) mass is 321 g/mol. The van der Waals surface area contributed by atoms with Crippen LogP contribution in [0.3, 0.4) is 0 Å². The predicted molar refractivity (Wildman–Crippen MR) is 90.2 cm³/mol. The van der Waals surface area contributed by atoms with Crippen LogP contribution >= 0.6 is 0 Å². The summed E-state index contributed by atoms with van der Waals surface area (Å²) in [6, 6.07) is 3.79. The van der Waals surface area contributed by atoms with E-state index in [9.17, 15) is 4.79 Å². The van der Waals surface area contributed by atoms with E-state index in [1.54, 1.807) is 13.2 Å². The maximum absolute atomic E-state index is 11.3. The first-order valence-corrected chi connectivity index (χ1v) is 8.21. The van der Waals surface area contributed by atoms with Crippen molar-refractivity contribution >= 4 is 11.9 Å². The molecule has 1 fully saturated rings. The number of amides is 1. The van der Waals surface area contributed by atoms with Crippen LogP contribution in [0.4, 0.5) is 0 Å². The Balaban J connectivity index is 1.70. The second-order valence-electron chi connectivity index (χ2n) is 5.55. The van der Waals surface area contributed by atoms with Crippen molar-refractivity contribution in [3.8, 4) is 0 Å². The molecule has 0 spiro atoms. The molecule has 0 atom stereocenters. The van der Waals surface area contributed by atoms with E-state index in [4.69, 9.17) is 4.42 Å². The molecule has 128 valence electrons. The molecule has 1 amide bonds. The number of nitrogens with zero attached hydrogens (tertiary/aromatic N) is 3. The smallest absolute Gasteiger partial charge is 0.219 e. The third kappa shape index (κ3) is 5.94. The van der Waals surface area contributed by atoms with Gasteiger partial charge in [0.05, 0.1) is 6.26 Å². The van der Waals surface area contributed by atoms with Gasteiger partial charge in [0.2, 0.25) is 5.91 Å². The number of hydrogen-bond acceptors (Lipinski definition) is 4. The summed E-state index contributed by atoms with van der Waals surface area (Å²) in [5, 5.41) is 6.57. The van der Waals surface area contributed by atoms with Crippen LogP contribution in [0, 0.1) is 0 Å². The van der Waals surface area contributed by atoms with Crippen molar-refractivity contribution in [3.63, 3.8) is 0 Å². The van der Waals surface area contributed by atoms with E-state index in [0.717, 1.165) is 57.5 Å². The van der Waals surface area contributed by atoms with Crippen LogP contribution in [0.1, 0.15) is 19.6 Å². The zero-order chi connectivity index (χ0) is 16.5. The maximum Gasteiger partial charge on any atom is 0.219 e. The van der Waals surface area contributed by atoms with Crippen molar-refractivity contribution in [2.24, 2.45) is 4.99 Å². The summed E-state index contributed by atoms with van der Waals surface area (Å²) in [6.07, 6.45) is 1.66. The molecular weight excluding hydrogens is 294 g/mol. The van der Waals surface area contributed by atoms with Crippen LogP contribution in [-0.2, 0) is 11.3 Å². The molecular formula is C16H27N5O2. The number of rotatable bonds is 6. The van der Waals surface area contributed by atoms with Gasteiger partial charge in [-0.2, -0.15) is 0 Å². The first kappa shape index (κ1) is 17.3.